The minimum absolute atomic E-state index is 0.514. The molecule has 2 heterocycles. The Balaban J connectivity index is 0.000000188. The first-order valence-corrected chi connectivity index (χ1v) is 9.53. The number of halogens is 3. The highest BCUT2D eigenvalue weighted by molar-refractivity contribution is 14.1. The minimum atomic E-state index is 0.514. The van der Waals surface area contributed by atoms with Gasteiger partial charge in [0.1, 0.15) is 23.6 Å². The highest BCUT2D eigenvalue weighted by Crippen LogP contribution is 2.22. The van der Waals surface area contributed by atoms with Gasteiger partial charge in [0.05, 0.1) is 7.14 Å². The topological polar surface area (TPSA) is 63.6 Å². The van der Waals surface area contributed by atoms with Crippen molar-refractivity contribution in [3.63, 3.8) is 0 Å². The third-order valence-corrected chi connectivity index (χ3v) is 5.44. The fourth-order valence-corrected chi connectivity index (χ4v) is 3.01. The maximum atomic E-state index is 5.55. The predicted octanol–water partition coefficient (Wildman–Crippen LogP) is 4.56. The van der Waals surface area contributed by atoms with Crippen LogP contribution in [0.5, 0.6) is 0 Å². The molecule has 1 aliphatic carbocycles. The van der Waals surface area contributed by atoms with E-state index in [1.165, 1.54) is 38.4 Å². The number of rotatable bonds is 2. The van der Waals surface area contributed by atoms with Gasteiger partial charge in [0.2, 0.25) is 0 Å². The van der Waals surface area contributed by atoms with Crippen LogP contribution in [0.2, 0.25) is 5.15 Å². The fraction of sp³-hybridized carbons (Fsp3) is 0.429. The lowest BCUT2D eigenvalue weighted by Gasteiger charge is -2.23. The molecular weight excluding hydrogens is 527 g/mol. The van der Waals surface area contributed by atoms with Gasteiger partial charge in [-0.2, -0.15) is 0 Å². The lowest BCUT2D eigenvalue weighted by molar-refractivity contribution is 0.461. The molecule has 1 N–H and O–H groups in total. The molecule has 0 spiro atoms. The van der Waals surface area contributed by atoms with Crippen LogP contribution in [0.1, 0.15) is 32.1 Å². The molecule has 0 bridgehead atoms. The predicted molar refractivity (Wildman–Crippen MR) is 105 cm³/mol. The van der Waals surface area contributed by atoms with Crippen molar-refractivity contribution in [2.75, 3.05) is 5.32 Å². The molecular formula is C14H16ClI2N5. The molecule has 22 heavy (non-hydrogen) atoms. The molecule has 0 aromatic carbocycles. The molecule has 5 nitrogen and oxygen atoms in total. The summed E-state index contributed by atoms with van der Waals surface area (Å²) < 4.78 is 1.99. The van der Waals surface area contributed by atoms with Crippen LogP contribution in [0.3, 0.4) is 0 Å². The van der Waals surface area contributed by atoms with E-state index in [0.717, 1.165) is 13.0 Å². The van der Waals surface area contributed by atoms with Gasteiger partial charge >= 0.3 is 0 Å². The molecule has 1 aliphatic rings. The van der Waals surface area contributed by atoms with Crippen LogP contribution < -0.4 is 5.32 Å². The maximum absolute atomic E-state index is 5.55. The van der Waals surface area contributed by atoms with Crippen molar-refractivity contribution >= 4 is 62.6 Å². The van der Waals surface area contributed by atoms with Gasteiger partial charge in [0, 0.05) is 18.4 Å². The Morgan fingerprint density at radius 2 is 1.59 bits per heavy atom. The van der Waals surface area contributed by atoms with E-state index in [2.05, 4.69) is 70.4 Å². The van der Waals surface area contributed by atoms with Crippen molar-refractivity contribution in [2.24, 2.45) is 0 Å². The molecule has 2 aromatic heterocycles. The highest BCUT2D eigenvalue weighted by atomic mass is 127. The molecule has 0 aliphatic heterocycles. The first kappa shape index (κ1) is 18.1. The zero-order chi connectivity index (χ0) is 15.8. The molecule has 0 radical (unpaired) electrons. The summed E-state index contributed by atoms with van der Waals surface area (Å²) in [5.41, 5.74) is 0. The summed E-state index contributed by atoms with van der Waals surface area (Å²) in [6.07, 6.45) is 13.2. The molecule has 3 rings (SSSR count). The molecule has 0 unspecified atom stereocenters. The van der Waals surface area contributed by atoms with Gasteiger partial charge in [-0.1, -0.05) is 30.9 Å². The summed E-state index contributed by atoms with van der Waals surface area (Å²) >= 11 is 9.89. The minimum Gasteiger partial charge on any atom is -0.366 e. The molecule has 2 aromatic rings. The Bertz CT molecular complexity index is 572. The quantitative estimate of drug-likeness (QED) is 0.445. The van der Waals surface area contributed by atoms with E-state index < -0.39 is 0 Å². The first-order chi connectivity index (χ1) is 10.7. The monoisotopic (exact) mass is 543 g/mol. The summed E-state index contributed by atoms with van der Waals surface area (Å²) in [6.45, 7) is 0. The van der Waals surface area contributed by atoms with Crippen molar-refractivity contribution in [1.29, 1.82) is 0 Å². The summed E-state index contributed by atoms with van der Waals surface area (Å²) in [4.78, 5) is 15.7. The number of nitrogens with one attached hydrogen (secondary N) is 1. The molecule has 0 saturated heterocycles. The van der Waals surface area contributed by atoms with E-state index in [1.54, 1.807) is 12.5 Å². The van der Waals surface area contributed by atoms with Gasteiger partial charge in [-0.05, 0) is 58.0 Å². The molecule has 0 atom stereocenters. The molecule has 1 fully saturated rings. The zero-order valence-corrected chi connectivity index (χ0v) is 16.9. The van der Waals surface area contributed by atoms with E-state index in [-0.39, 0.29) is 0 Å². The second-order valence-electron chi connectivity index (χ2n) is 4.86. The lowest BCUT2D eigenvalue weighted by atomic mass is 9.95. The average Bonchev–Trinajstić information content (AvgIpc) is 2.54. The zero-order valence-electron chi connectivity index (χ0n) is 11.8. The fourth-order valence-electron chi connectivity index (χ4n) is 2.16. The maximum Gasteiger partial charge on any atom is 0.145 e. The number of nitrogens with zero attached hydrogens (tertiary/aromatic N) is 4. The SMILES string of the molecule is Clc1ncncc1I.Ic1cncnc1NC1CCCCC1. The Morgan fingerprint density at radius 3 is 2.14 bits per heavy atom. The second-order valence-corrected chi connectivity index (χ2v) is 7.54. The van der Waals surface area contributed by atoms with Crippen LogP contribution in [-0.4, -0.2) is 26.0 Å². The Kier molecular flexibility index (Phi) is 8.01. The van der Waals surface area contributed by atoms with Gasteiger partial charge in [0.15, 0.2) is 0 Å². The van der Waals surface area contributed by atoms with E-state index in [0.29, 0.717) is 11.2 Å². The number of anilines is 1. The van der Waals surface area contributed by atoms with E-state index >= 15 is 0 Å². The molecule has 8 heteroatoms. The summed E-state index contributed by atoms with van der Waals surface area (Å²) in [7, 11) is 0. The van der Waals surface area contributed by atoms with Crippen LogP contribution in [-0.2, 0) is 0 Å². The molecule has 0 amide bonds. The molecule has 1 saturated carbocycles. The average molecular weight is 544 g/mol. The van der Waals surface area contributed by atoms with Crippen LogP contribution in [0.4, 0.5) is 5.82 Å². The summed E-state index contributed by atoms with van der Waals surface area (Å²) in [5.74, 6) is 0.993. The van der Waals surface area contributed by atoms with Crippen molar-refractivity contribution < 1.29 is 0 Å². The van der Waals surface area contributed by atoms with Crippen LogP contribution in [0, 0.1) is 7.14 Å². The van der Waals surface area contributed by atoms with Crippen molar-refractivity contribution in [1.82, 2.24) is 19.9 Å². The van der Waals surface area contributed by atoms with Crippen LogP contribution in [0.25, 0.3) is 0 Å². The van der Waals surface area contributed by atoms with E-state index in [9.17, 15) is 0 Å². The lowest BCUT2D eigenvalue weighted by Crippen LogP contribution is -2.23. The van der Waals surface area contributed by atoms with E-state index in [4.69, 9.17) is 11.6 Å². The normalized spacial score (nSPS) is 14.9. The largest absolute Gasteiger partial charge is 0.366 e. The van der Waals surface area contributed by atoms with Crippen LogP contribution >= 0.6 is 56.8 Å². The number of hydrogen-bond donors (Lipinski definition) is 1. The second kappa shape index (κ2) is 9.76. The van der Waals surface area contributed by atoms with Crippen molar-refractivity contribution in [3.05, 3.63) is 37.3 Å². The van der Waals surface area contributed by atoms with Crippen molar-refractivity contribution in [3.8, 4) is 0 Å². The summed E-state index contributed by atoms with van der Waals surface area (Å²) in [6, 6.07) is 0.618. The molecule has 118 valence electrons. The van der Waals surface area contributed by atoms with Gasteiger partial charge in [-0.3, -0.25) is 0 Å². The van der Waals surface area contributed by atoms with Gasteiger partial charge in [0.25, 0.3) is 0 Å². The van der Waals surface area contributed by atoms with E-state index in [1.807, 2.05) is 6.20 Å². The standard InChI is InChI=1S/C10H14IN3.C4H2ClIN2/c11-9-6-12-7-13-10(9)14-8-4-2-1-3-5-8;5-4-3(6)1-7-2-8-4/h6-8H,1-5H2,(H,12,13,14);1-2H. The summed E-state index contributed by atoms with van der Waals surface area (Å²) in [5, 5.41) is 4.00. The Labute approximate surface area is 162 Å². The van der Waals surface area contributed by atoms with Gasteiger partial charge in [-0.15, -0.1) is 0 Å². The number of aromatic nitrogens is 4. The van der Waals surface area contributed by atoms with Crippen molar-refractivity contribution in [2.45, 2.75) is 38.1 Å². The van der Waals surface area contributed by atoms with Gasteiger partial charge < -0.3 is 5.32 Å². The van der Waals surface area contributed by atoms with Gasteiger partial charge in [-0.25, -0.2) is 19.9 Å². The smallest absolute Gasteiger partial charge is 0.145 e. The highest BCUT2D eigenvalue weighted by Gasteiger charge is 2.14. The third kappa shape index (κ3) is 6.07. The van der Waals surface area contributed by atoms with Crippen LogP contribution in [0.15, 0.2) is 25.0 Å². The Hall–Kier alpha value is -0.290. The number of hydrogen-bond acceptors (Lipinski definition) is 5. The Morgan fingerprint density at radius 1 is 0.955 bits per heavy atom. The first-order valence-electron chi connectivity index (χ1n) is 7.00. The third-order valence-electron chi connectivity index (χ3n) is 3.24.